The summed E-state index contributed by atoms with van der Waals surface area (Å²) in [6.45, 7) is 0.103. The van der Waals surface area contributed by atoms with Gasteiger partial charge in [-0.1, -0.05) is 0 Å². The molecule has 3 rings (SSSR count). The smallest absolute Gasteiger partial charge is 0.335 e. The molecule has 0 unspecified atom stereocenters. The van der Waals surface area contributed by atoms with Crippen molar-refractivity contribution in [1.82, 2.24) is 0 Å². The summed E-state index contributed by atoms with van der Waals surface area (Å²) >= 11 is 0. The van der Waals surface area contributed by atoms with Gasteiger partial charge in [0.2, 0.25) is 0 Å². The van der Waals surface area contributed by atoms with Crippen LogP contribution in [0.5, 0.6) is 5.75 Å². The van der Waals surface area contributed by atoms with Gasteiger partial charge in [0.1, 0.15) is 17.9 Å². The molecule has 0 spiro atoms. The summed E-state index contributed by atoms with van der Waals surface area (Å²) < 4.78 is 10.6. The van der Waals surface area contributed by atoms with E-state index in [1.165, 1.54) is 0 Å². The van der Waals surface area contributed by atoms with E-state index in [4.69, 9.17) is 14.3 Å². The number of rotatable bonds is 1. The summed E-state index contributed by atoms with van der Waals surface area (Å²) in [5.74, 6) is -0.260. The van der Waals surface area contributed by atoms with Crippen LogP contribution in [-0.4, -0.2) is 17.7 Å². The van der Waals surface area contributed by atoms with Gasteiger partial charge in [0.25, 0.3) is 0 Å². The Morgan fingerprint density at radius 3 is 3.06 bits per heavy atom. The lowest BCUT2D eigenvalue weighted by Crippen LogP contribution is -2.13. The Bertz CT molecular complexity index is 607. The van der Waals surface area contributed by atoms with E-state index in [-0.39, 0.29) is 12.2 Å². The van der Waals surface area contributed by atoms with Crippen molar-refractivity contribution < 1.29 is 19.1 Å². The summed E-state index contributed by atoms with van der Waals surface area (Å²) in [6.07, 6.45) is 3.21. The maximum absolute atomic E-state index is 10.8. The first-order chi connectivity index (χ1) is 7.74. The van der Waals surface area contributed by atoms with Gasteiger partial charge in [-0.15, -0.1) is 0 Å². The van der Waals surface area contributed by atoms with Crippen molar-refractivity contribution in [1.29, 1.82) is 0 Å². The zero-order chi connectivity index (χ0) is 11.1. The highest BCUT2D eigenvalue weighted by atomic mass is 16.5. The molecule has 0 saturated heterocycles. The van der Waals surface area contributed by atoms with Gasteiger partial charge in [-0.3, -0.25) is 0 Å². The van der Waals surface area contributed by atoms with E-state index >= 15 is 0 Å². The lowest BCUT2D eigenvalue weighted by molar-refractivity contribution is -0.132. The fourth-order valence-electron chi connectivity index (χ4n) is 1.75. The maximum Gasteiger partial charge on any atom is 0.335 e. The van der Waals surface area contributed by atoms with E-state index in [1.807, 2.05) is 12.1 Å². The minimum atomic E-state index is -0.954. The molecule has 0 atom stereocenters. The zero-order valence-electron chi connectivity index (χ0n) is 8.27. The molecule has 0 radical (unpaired) electrons. The van der Waals surface area contributed by atoms with E-state index in [0.29, 0.717) is 5.75 Å². The normalized spacial score (nSPS) is 14.1. The molecular weight excluding hydrogens is 208 g/mol. The fraction of sp³-hybridized carbons (Fsp3) is 0.0833. The summed E-state index contributed by atoms with van der Waals surface area (Å²) in [6, 6.07) is 5.48. The third kappa shape index (κ3) is 1.27. The Kier molecular flexibility index (Phi) is 1.77. The van der Waals surface area contributed by atoms with E-state index in [2.05, 4.69) is 0 Å². The second-order valence-corrected chi connectivity index (χ2v) is 3.61. The third-order valence-corrected chi connectivity index (χ3v) is 2.57. The number of carboxylic acids is 1. The monoisotopic (exact) mass is 216 g/mol. The molecule has 1 N–H and O–H groups in total. The molecule has 0 bridgehead atoms. The second-order valence-electron chi connectivity index (χ2n) is 3.61. The van der Waals surface area contributed by atoms with Crippen LogP contribution in [0.3, 0.4) is 0 Å². The molecule has 0 amide bonds. The first-order valence-electron chi connectivity index (χ1n) is 4.82. The lowest BCUT2D eigenvalue weighted by Gasteiger charge is -2.15. The van der Waals surface area contributed by atoms with Gasteiger partial charge in [-0.2, -0.15) is 0 Å². The Hall–Kier alpha value is -2.23. The first kappa shape index (κ1) is 9.03. The number of fused-ring (bicyclic) bond motifs is 2. The number of ether oxygens (including phenoxy) is 1. The van der Waals surface area contributed by atoms with Gasteiger partial charge in [-0.05, 0) is 24.3 Å². The Balaban J connectivity index is 2.20. The first-order valence-corrected chi connectivity index (χ1v) is 4.82. The average Bonchev–Trinajstić information content (AvgIpc) is 2.71. The topological polar surface area (TPSA) is 59.7 Å². The molecule has 1 aliphatic rings. The maximum atomic E-state index is 10.8. The van der Waals surface area contributed by atoms with Crippen LogP contribution in [0.15, 0.2) is 34.5 Å². The number of hydrogen-bond acceptors (Lipinski definition) is 3. The molecule has 4 heteroatoms. The molecule has 1 aliphatic heterocycles. The molecule has 80 valence electrons. The van der Waals surface area contributed by atoms with Gasteiger partial charge in [0.15, 0.2) is 0 Å². The molecule has 0 aliphatic carbocycles. The molecule has 0 fully saturated rings. The Morgan fingerprint density at radius 2 is 2.25 bits per heavy atom. The SMILES string of the molecule is O=C(O)C1=Cc2cc3occc3cc2OC1. The molecule has 1 aromatic carbocycles. The minimum absolute atomic E-state index is 0.103. The van der Waals surface area contributed by atoms with Crippen LogP contribution < -0.4 is 4.74 Å². The Labute approximate surface area is 90.7 Å². The summed E-state index contributed by atoms with van der Waals surface area (Å²) in [5.41, 5.74) is 1.72. The molecule has 1 aromatic heterocycles. The molecular formula is C12H8O4. The predicted octanol–water partition coefficient (Wildman–Crippen LogP) is 2.29. The van der Waals surface area contributed by atoms with Crippen LogP contribution in [0.1, 0.15) is 5.56 Å². The number of hydrogen-bond donors (Lipinski definition) is 1. The van der Waals surface area contributed by atoms with Gasteiger partial charge in [0.05, 0.1) is 11.8 Å². The predicted molar refractivity (Wildman–Crippen MR) is 57.3 cm³/mol. The van der Waals surface area contributed by atoms with E-state index in [1.54, 1.807) is 18.4 Å². The lowest BCUT2D eigenvalue weighted by atomic mass is 10.1. The van der Waals surface area contributed by atoms with Crippen LogP contribution in [0.4, 0.5) is 0 Å². The van der Waals surface area contributed by atoms with Gasteiger partial charge >= 0.3 is 5.97 Å². The van der Waals surface area contributed by atoms with Crippen molar-refractivity contribution in [3.8, 4) is 5.75 Å². The molecule has 4 nitrogen and oxygen atoms in total. The second kappa shape index (κ2) is 3.13. The van der Waals surface area contributed by atoms with Crippen LogP contribution in [0, 0.1) is 0 Å². The highest BCUT2D eigenvalue weighted by Gasteiger charge is 2.17. The van der Waals surface area contributed by atoms with Crippen molar-refractivity contribution in [3.05, 3.63) is 35.6 Å². The van der Waals surface area contributed by atoms with Crippen molar-refractivity contribution in [3.63, 3.8) is 0 Å². The van der Waals surface area contributed by atoms with E-state index in [0.717, 1.165) is 16.5 Å². The fourth-order valence-corrected chi connectivity index (χ4v) is 1.75. The summed E-state index contributed by atoms with van der Waals surface area (Å²) in [7, 11) is 0. The number of aliphatic carboxylic acids is 1. The third-order valence-electron chi connectivity index (χ3n) is 2.57. The van der Waals surface area contributed by atoms with Crippen molar-refractivity contribution in [2.45, 2.75) is 0 Å². The molecule has 16 heavy (non-hydrogen) atoms. The van der Waals surface area contributed by atoms with E-state index in [9.17, 15) is 4.79 Å². The number of benzene rings is 1. The van der Waals surface area contributed by atoms with Crippen LogP contribution in [-0.2, 0) is 4.79 Å². The van der Waals surface area contributed by atoms with Crippen LogP contribution in [0.2, 0.25) is 0 Å². The van der Waals surface area contributed by atoms with Gasteiger partial charge in [0, 0.05) is 10.9 Å². The largest absolute Gasteiger partial charge is 0.488 e. The summed E-state index contributed by atoms with van der Waals surface area (Å²) in [5, 5.41) is 9.82. The molecule has 0 saturated carbocycles. The number of furan rings is 1. The standard InChI is InChI=1S/C12H8O4/c13-12(14)9-3-8-5-10-7(1-2-15-10)4-11(8)16-6-9/h1-5H,6H2,(H,13,14). The van der Waals surface area contributed by atoms with Crippen LogP contribution >= 0.6 is 0 Å². The summed E-state index contributed by atoms with van der Waals surface area (Å²) in [4.78, 5) is 10.8. The zero-order valence-corrected chi connectivity index (χ0v) is 8.27. The molecule has 2 heterocycles. The van der Waals surface area contributed by atoms with E-state index < -0.39 is 5.97 Å². The van der Waals surface area contributed by atoms with Crippen LogP contribution in [0.25, 0.3) is 17.0 Å². The molecule has 2 aromatic rings. The van der Waals surface area contributed by atoms with Gasteiger partial charge < -0.3 is 14.3 Å². The van der Waals surface area contributed by atoms with Crippen molar-refractivity contribution in [2.24, 2.45) is 0 Å². The number of carboxylic acid groups (broad SMARTS) is 1. The highest BCUT2D eigenvalue weighted by molar-refractivity contribution is 5.95. The highest BCUT2D eigenvalue weighted by Crippen LogP contribution is 2.31. The quantitative estimate of drug-likeness (QED) is 0.794. The van der Waals surface area contributed by atoms with Crippen molar-refractivity contribution in [2.75, 3.05) is 6.61 Å². The Morgan fingerprint density at radius 1 is 1.38 bits per heavy atom. The number of carbonyl (C=O) groups is 1. The van der Waals surface area contributed by atoms with Gasteiger partial charge in [-0.25, -0.2) is 4.79 Å². The minimum Gasteiger partial charge on any atom is -0.488 e. The average molecular weight is 216 g/mol. The van der Waals surface area contributed by atoms with Crippen molar-refractivity contribution >= 4 is 23.0 Å².